The highest BCUT2D eigenvalue weighted by Gasteiger charge is 2.22. The van der Waals surface area contributed by atoms with Crippen LogP contribution in [-0.2, 0) is 0 Å². The number of nitrogens with one attached hydrogen (secondary N) is 2. The van der Waals surface area contributed by atoms with Gasteiger partial charge in [0, 0.05) is 16.7 Å². The molecule has 1 atom stereocenters. The molecule has 0 radical (unpaired) electrons. The van der Waals surface area contributed by atoms with E-state index in [1.54, 1.807) is 13.0 Å². The van der Waals surface area contributed by atoms with Crippen LogP contribution in [0, 0.1) is 6.92 Å². The summed E-state index contributed by atoms with van der Waals surface area (Å²) in [7, 11) is 0. The SMILES string of the molecule is Cc1cc(NC(=O)N[C@H]2CCSc3ccccc32)no1. The third-order valence-electron chi connectivity index (χ3n) is 3.13. The van der Waals surface area contributed by atoms with Gasteiger partial charge in [-0.25, -0.2) is 4.79 Å². The first-order chi connectivity index (χ1) is 9.72. The molecule has 0 unspecified atom stereocenters. The Morgan fingerprint density at radius 1 is 1.45 bits per heavy atom. The zero-order chi connectivity index (χ0) is 13.9. The highest BCUT2D eigenvalue weighted by atomic mass is 32.2. The molecule has 0 fully saturated rings. The number of urea groups is 1. The summed E-state index contributed by atoms with van der Waals surface area (Å²) in [5.74, 6) is 2.10. The van der Waals surface area contributed by atoms with E-state index in [0.29, 0.717) is 11.6 Å². The fourth-order valence-electron chi connectivity index (χ4n) is 2.23. The van der Waals surface area contributed by atoms with Crippen molar-refractivity contribution in [3.8, 4) is 0 Å². The van der Waals surface area contributed by atoms with Gasteiger partial charge in [-0.3, -0.25) is 5.32 Å². The van der Waals surface area contributed by atoms with Gasteiger partial charge < -0.3 is 9.84 Å². The number of anilines is 1. The molecule has 0 aliphatic carbocycles. The first-order valence-corrected chi connectivity index (χ1v) is 7.43. The van der Waals surface area contributed by atoms with Crippen LogP contribution in [0.2, 0.25) is 0 Å². The van der Waals surface area contributed by atoms with E-state index in [1.807, 2.05) is 23.9 Å². The predicted octanol–water partition coefficient (Wildman–Crippen LogP) is 3.34. The van der Waals surface area contributed by atoms with Crippen molar-refractivity contribution in [2.45, 2.75) is 24.3 Å². The fraction of sp³-hybridized carbons (Fsp3) is 0.286. The van der Waals surface area contributed by atoms with Crippen LogP contribution in [0.1, 0.15) is 23.8 Å². The van der Waals surface area contributed by atoms with Crippen molar-refractivity contribution >= 4 is 23.6 Å². The van der Waals surface area contributed by atoms with Gasteiger partial charge in [0.1, 0.15) is 5.76 Å². The Kier molecular flexibility index (Phi) is 3.64. The monoisotopic (exact) mass is 289 g/mol. The maximum Gasteiger partial charge on any atom is 0.320 e. The van der Waals surface area contributed by atoms with Gasteiger partial charge >= 0.3 is 6.03 Å². The smallest absolute Gasteiger partial charge is 0.320 e. The lowest BCUT2D eigenvalue weighted by Crippen LogP contribution is -2.34. The molecule has 2 aromatic rings. The molecule has 1 aromatic heterocycles. The Morgan fingerprint density at radius 2 is 2.30 bits per heavy atom. The number of thioether (sulfide) groups is 1. The molecule has 0 saturated carbocycles. The number of amides is 2. The van der Waals surface area contributed by atoms with Gasteiger partial charge in [-0.2, -0.15) is 0 Å². The minimum Gasteiger partial charge on any atom is -0.360 e. The number of benzene rings is 1. The fourth-order valence-corrected chi connectivity index (χ4v) is 3.35. The maximum absolute atomic E-state index is 12.0. The first kappa shape index (κ1) is 13.1. The topological polar surface area (TPSA) is 67.2 Å². The molecule has 20 heavy (non-hydrogen) atoms. The summed E-state index contributed by atoms with van der Waals surface area (Å²) in [6.07, 6.45) is 0.924. The van der Waals surface area contributed by atoms with Gasteiger partial charge in [-0.05, 0) is 25.0 Å². The van der Waals surface area contributed by atoms with E-state index >= 15 is 0 Å². The molecule has 1 aromatic carbocycles. The van der Waals surface area contributed by atoms with Gasteiger partial charge in [0.25, 0.3) is 0 Å². The Hall–Kier alpha value is -1.95. The Balaban J connectivity index is 1.68. The molecule has 1 aliphatic heterocycles. The van der Waals surface area contributed by atoms with Crippen molar-refractivity contribution in [2.24, 2.45) is 0 Å². The summed E-state index contributed by atoms with van der Waals surface area (Å²) in [6.45, 7) is 1.78. The molecule has 5 nitrogen and oxygen atoms in total. The minimum absolute atomic E-state index is 0.0421. The maximum atomic E-state index is 12.0. The quantitative estimate of drug-likeness (QED) is 0.889. The summed E-state index contributed by atoms with van der Waals surface area (Å²) < 4.78 is 4.92. The molecule has 0 saturated heterocycles. The molecule has 0 spiro atoms. The number of carbonyl (C=O) groups is 1. The molecule has 1 aliphatic rings. The lowest BCUT2D eigenvalue weighted by atomic mass is 10.0. The molecule has 2 heterocycles. The van der Waals surface area contributed by atoms with Gasteiger partial charge in [0.05, 0.1) is 6.04 Å². The van der Waals surface area contributed by atoms with Crippen LogP contribution >= 0.6 is 11.8 Å². The average Bonchev–Trinajstić information content (AvgIpc) is 2.84. The van der Waals surface area contributed by atoms with Gasteiger partial charge in [-0.1, -0.05) is 23.4 Å². The van der Waals surface area contributed by atoms with E-state index in [-0.39, 0.29) is 12.1 Å². The number of fused-ring (bicyclic) bond motifs is 1. The zero-order valence-corrected chi connectivity index (χ0v) is 11.9. The van der Waals surface area contributed by atoms with Crippen LogP contribution in [0.5, 0.6) is 0 Å². The number of hydrogen-bond donors (Lipinski definition) is 2. The van der Waals surface area contributed by atoms with Gasteiger partial charge in [0.15, 0.2) is 5.82 Å². The lowest BCUT2D eigenvalue weighted by Gasteiger charge is -2.25. The van der Waals surface area contributed by atoms with Crippen molar-refractivity contribution in [1.82, 2.24) is 10.5 Å². The molecule has 104 valence electrons. The summed E-state index contributed by atoms with van der Waals surface area (Å²) in [5, 5.41) is 9.41. The third-order valence-corrected chi connectivity index (χ3v) is 4.26. The standard InChI is InChI=1S/C14H15N3O2S/c1-9-8-13(17-19-9)16-14(18)15-11-6-7-20-12-5-3-2-4-10(11)12/h2-5,8,11H,6-7H2,1H3,(H2,15,16,17,18)/t11-/m0/s1. The minimum atomic E-state index is -0.259. The summed E-state index contributed by atoms with van der Waals surface area (Å²) in [4.78, 5) is 13.2. The Morgan fingerprint density at radius 3 is 3.10 bits per heavy atom. The van der Waals surface area contributed by atoms with E-state index < -0.39 is 0 Å². The van der Waals surface area contributed by atoms with E-state index in [4.69, 9.17) is 4.52 Å². The molecule has 2 N–H and O–H groups in total. The van der Waals surface area contributed by atoms with E-state index in [9.17, 15) is 4.79 Å². The number of aryl methyl sites for hydroxylation is 1. The van der Waals surface area contributed by atoms with Crippen molar-refractivity contribution in [3.05, 3.63) is 41.7 Å². The van der Waals surface area contributed by atoms with Gasteiger partial charge in [-0.15, -0.1) is 11.8 Å². The second-order valence-corrected chi connectivity index (χ2v) is 5.79. The number of nitrogens with zero attached hydrogens (tertiary/aromatic N) is 1. The predicted molar refractivity (Wildman–Crippen MR) is 77.9 cm³/mol. The Bertz CT molecular complexity index is 626. The zero-order valence-electron chi connectivity index (χ0n) is 11.1. The van der Waals surface area contributed by atoms with Gasteiger partial charge in [0.2, 0.25) is 0 Å². The number of rotatable bonds is 2. The molecule has 3 rings (SSSR count). The number of carbonyl (C=O) groups excluding carboxylic acids is 1. The number of aromatic nitrogens is 1. The Labute approximate surface area is 121 Å². The highest BCUT2D eigenvalue weighted by Crippen LogP contribution is 2.35. The highest BCUT2D eigenvalue weighted by molar-refractivity contribution is 7.99. The molecular weight excluding hydrogens is 274 g/mol. The summed E-state index contributed by atoms with van der Waals surface area (Å²) >= 11 is 1.83. The van der Waals surface area contributed by atoms with Crippen molar-refractivity contribution < 1.29 is 9.32 Å². The van der Waals surface area contributed by atoms with Crippen molar-refractivity contribution in [2.75, 3.05) is 11.1 Å². The molecule has 2 amide bonds. The normalized spacial score (nSPS) is 17.4. The van der Waals surface area contributed by atoms with Crippen LogP contribution in [0.3, 0.4) is 0 Å². The van der Waals surface area contributed by atoms with Crippen LogP contribution in [0.15, 0.2) is 39.8 Å². The van der Waals surface area contributed by atoms with E-state index in [1.165, 1.54) is 10.5 Å². The van der Waals surface area contributed by atoms with E-state index in [0.717, 1.165) is 12.2 Å². The van der Waals surface area contributed by atoms with Crippen LogP contribution in [-0.4, -0.2) is 16.9 Å². The second-order valence-electron chi connectivity index (χ2n) is 4.65. The molecule has 6 heteroatoms. The number of hydrogen-bond acceptors (Lipinski definition) is 4. The molecule has 0 bridgehead atoms. The summed E-state index contributed by atoms with van der Waals surface area (Å²) in [6, 6.07) is 9.64. The lowest BCUT2D eigenvalue weighted by molar-refractivity contribution is 0.247. The van der Waals surface area contributed by atoms with Crippen LogP contribution in [0.25, 0.3) is 0 Å². The first-order valence-electron chi connectivity index (χ1n) is 6.45. The van der Waals surface area contributed by atoms with Crippen LogP contribution < -0.4 is 10.6 Å². The molecular formula is C14H15N3O2S. The van der Waals surface area contributed by atoms with Crippen molar-refractivity contribution in [3.63, 3.8) is 0 Å². The average molecular weight is 289 g/mol. The van der Waals surface area contributed by atoms with Crippen molar-refractivity contribution in [1.29, 1.82) is 0 Å². The summed E-state index contributed by atoms with van der Waals surface area (Å²) in [5.41, 5.74) is 1.18. The third kappa shape index (κ3) is 2.80. The second kappa shape index (κ2) is 5.58. The van der Waals surface area contributed by atoms with Crippen LogP contribution in [0.4, 0.5) is 10.6 Å². The largest absolute Gasteiger partial charge is 0.360 e. The van der Waals surface area contributed by atoms with E-state index in [2.05, 4.69) is 27.9 Å².